The van der Waals surface area contributed by atoms with Crippen molar-refractivity contribution in [3.8, 4) is 5.75 Å². The van der Waals surface area contributed by atoms with E-state index in [1.54, 1.807) is 0 Å². The van der Waals surface area contributed by atoms with E-state index in [-0.39, 0.29) is 17.0 Å². The van der Waals surface area contributed by atoms with E-state index in [4.69, 9.17) is 4.74 Å². The van der Waals surface area contributed by atoms with Crippen LogP contribution in [0.2, 0.25) is 0 Å². The molecule has 1 aromatic carbocycles. The number of rotatable bonds is 5. The molecule has 33 heavy (non-hydrogen) atoms. The number of aromatic nitrogens is 1. The third-order valence-electron chi connectivity index (χ3n) is 6.42. The van der Waals surface area contributed by atoms with Crippen LogP contribution in [0.4, 0.5) is 0 Å². The molecule has 0 aliphatic carbocycles. The van der Waals surface area contributed by atoms with Crippen molar-refractivity contribution in [3.63, 3.8) is 0 Å². The highest BCUT2D eigenvalue weighted by molar-refractivity contribution is 5.87. The molecule has 0 saturated carbocycles. The summed E-state index contributed by atoms with van der Waals surface area (Å²) < 4.78 is 8.11. The van der Waals surface area contributed by atoms with Crippen molar-refractivity contribution < 1.29 is 14.6 Å². The Bertz CT molecular complexity index is 1230. The molecule has 1 aromatic heterocycles. The number of pyridine rings is 1. The zero-order valence-electron chi connectivity index (χ0n) is 20.9. The molecule has 0 spiro atoms. The molecule has 2 aromatic rings. The van der Waals surface area contributed by atoms with Gasteiger partial charge in [0.25, 0.3) is 0 Å². The molecule has 0 radical (unpaired) electrons. The average Bonchev–Trinajstić information content (AvgIpc) is 2.75. The number of ether oxygens (including phenoxy) is 1. The Hall–Kier alpha value is -3.02. The van der Waals surface area contributed by atoms with E-state index in [1.807, 2.05) is 23.7 Å². The molecular formula is C27H36N2O4. The lowest BCUT2D eigenvalue weighted by Crippen LogP contribution is -2.46. The van der Waals surface area contributed by atoms with Crippen LogP contribution in [-0.2, 0) is 0 Å². The van der Waals surface area contributed by atoms with Crippen LogP contribution in [0.5, 0.6) is 5.75 Å². The maximum absolute atomic E-state index is 12.8. The van der Waals surface area contributed by atoms with Crippen molar-refractivity contribution in [1.82, 2.24) is 9.47 Å². The number of carbonyl (C=O) groups is 1. The van der Waals surface area contributed by atoms with E-state index < -0.39 is 11.4 Å². The van der Waals surface area contributed by atoms with Gasteiger partial charge in [-0.1, -0.05) is 52.3 Å². The van der Waals surface area contributed by atoms with E-state index in [2.05, 4.69) is 52.5 Å². The van der Waals surface area contributed by atoms with Gasteiger partial charge in [0.1, 0.15) is 11.3 Å². The average molecular weight is 453 g/mol. The number of carboxylic acid groups (broad SMARTS) is 1. The zero-order valence-corrected chi connectivity index (χ0v) is 20.9. The predicted octanol–water partition coefficient (Wildman–Crippen LogP) is 3.61. The maximum atomic E-state index is 12.8. The summed E-state index contributed by atoms with van der Waals surface area (Å²) in [6, 6.07) is 7.53. The summed E-state index contributed by atoms with van der Waals surface area (Å²) in [7, 11) is 2.04. The Balaban J connectivity index is 2.51. The fraction of sp³-hybridized carbons (Fsp3) is 0.481. The van der Waals surface area contributed by atoms with Gasteiger partial charge in [-0.3, -0.25) is 4.79 Å². The molecular weight excluding hydrogens is 416 g/mol. The van der Waals surface area contributed by atoms with Crippen LogP contribution in [-0.4, -0.2) is 40.7 Å². The van der Waals surface area contributed by atoms with E-state index in [0.717, 1.165) is 40.4 Å². The zero-order chi connectivity index (χ0) is 24.5. The van der Waals surface area contributed by atoms with E-state index in [1.165, 1.54) is 17.8 Å². The lowest BCUT2D eigenvalue weighted by Gasteiger charge is -2.43. The lowest BCUT2D eigenvalue weighted by molar-refractivity contribution is 0.0693. The first-order chi connectivity index (χ1) is 15.5. The molecule has 0 fully saturated rings. The van der Waals surface area contributed by atoms with Gasteiger partial charge in [0.2, 0.25) is 0 Å². The third-order valence-corrected chi connectivity index (χ3v) is 6.42. The van der Waals surface area contributed by atoms with Crippen LogP contribution in [0.1, 0.15) is 76.5 Å². The molecule has 178 valence electrons. The van der Waals surface area contributed by atoms with E-state index in [9.17, 15) is 14.7 Å². The van der Waals surface area contributed by atoms with Gasteiger partial charge in [-0.05, 0) is 31.2 Å². The summed E-state index contributed by atoms with van der Waals surface area (Å²) in [4.78, 5) is 26.7. The Morgan fingerprint density at radius 3 is 2.52 bits per heavy atom. The van der Waals surface area contributed by atoms with Crippen molar-refractivity contribution in [1.29, 1.82) is 0 Å². The largest absolute Gasteiger partial charge is 0.493 e. The molecule has 1 aliphatic rings. The summed E-state index contributed by atoms with van der Waals surface area (Å²) in [5.41, 5.74) is 2.02. The highest BCUT2D eigenvalue weighted by atomic mass is 16.5. The van der Waals surface area contributed by atoms with Crippen molar-refractivity contribution in [3.05, 3.63) is 62.4 Å². The molecule has 3 rings (SSSR count). The molecule has 1 unspecified atom stereocenters. The Morgan fingerprint density at radius 1 is 1.24 bits per heavy atom. The smallest absolute Gasteiger partial charge is 0.341 e. The number of hydrogen-bond acceptors (Lipinski definition) is 4. The SMILES string of the molecule is CCCOc1cccc(=C2\c3cc(=O)c(C(=O)O)cn3C(C(C)(C)C)CN2C)/c1=C(/C)CC. The minimum atomic E-state index is -1.20. The topological polar surface area (TPSA) is 71.8 Å². The Kier molecular flexibility index (Phi) is 7.06. The van der Waals surface area contributed by atoms with Crippen molar-refractivity contribution in [2.45, 2.75) is 60.4 Å². The third kappa shape index (κ3) is 4.70. The number of nitrogens with zero attached hydrogens (tertiary/aromatic N) is 2. The van der Waals surface area contributed by atoms with Crippen molar-refractivity contribution >= 4 is 17.2 Å². The first kappa shape index (κ1) is 24.6. The predicted molar refractivity (Wildman–Crippen MR) is 132 cm³/mol. The van der Waals surface area contributed by atoms with Gasteiger partial charge >= 0.3 is 5.97 Å². The molecule has 1 atom stereocenters. The van der Waals surface area contributed by atoms with Crippen molar-refractivity contribution in [2.24, 2.45) is 5.41 Å². The monoisotopic (exact) mass is 452 g/mol. The number of aromatic carboxylic acids is 1. The second kappa shape index (κ2) is 9.46. The molecule has 1 aliphatic heterocycles. The minimum Gasteiger partial charge on any atom is -0.493 e. The van der Waals surface area contributed by atoms with Crippen LogP contribution >= 0.6 is 0 Å². The summed E-state index contributed by atoms with van der Waals surface area (Å²) in [5.74, 6) is -0.363. The Morgan fingerprint density at radius 2 is 1.94 bits per heavy atom. The van der Waals surface area contributed by atoms with Gasteiger partial charge < -0.3 is 19.3 Å². The second-order valence-corrected chi connectivity index (χ2v) is 9.92. The lowest BCUT2D eigenvalue weighted by atomic mass is 9.84. The van der Waals surface area contributed by atoms with Crippen LogP contribution < -0.4 is 20.6 Å². The number of fused-ring (bicyclic) bond motifs is 1. The summed E-state index contributed by atoms with van der Waals surface area (Å²) in [5, 5.41) is 11.6. The van der Waals surface area contributed by atoms with Crippen LogP contribution in [0, 0.1) is 5.41 Å². The van der Waals surface area contributed by atoms with Gasteiger partial charge in [0.15, 0.2) is 5.43 Å². The number of hydrogen-bond donors (Lipinski definition) is 1. The molecule has 2 heterocycles. The summed E-state index contributed by atoms with van der Waals surface area (Å²) >= 11 is 0. The number of benzene rings is 1. The second-order valence-electron chi connectivity index (χ2n) is 9.92. The molecule has 1 N–H and O–H groups in total. The summed E-state index contributed by atoms with van der Waals surface area (Å²) in [6.45, 7) is 14.0. The molecule has 6 heteroatoms. The molecule has 0 saturated heterocycles. The van der Waals surface area contributed by atoms with Gasteiger partial charge in [0, 0.05) is 36.3 Å². The van der Waals surface area contributed by atoms with Gasteiger partial charge in [-0.2, -0.15) is 0 Å². The maximum Gasteiger partial charge on any atom is 0.341 e. The van der Waals surface area contributed by atoms with Gasteiger partial charge in [-0.25, -0.2) is 4.79 Å². The van der Waals surface area contributed by atoms with Crippen LogP contribution in [0.25, 0.3) is 11.3 Å². The fourth-order valence-corrected chi connectivity index (χ4v) is 4.50. The van der Waals surface area contributed by atoms with Crippen LogP contribution in [0.3, 0.4) is 0 Å². The highest BCUT2D eigenvalue weighted by Gasteiger charge is 2.35. The van der Waals surface area contributed by atoms with Crippen molar-refractivity contribution in [2.75, 3.05) is 20.2 Å². The van der Waals surface area contributed by atoms with E-state index >= 15 is 0 Å². The quantitative estimate of drug-likeness (QED) is 0.751. The van der Waals surface area contributed by atoms with Gasteiger partial charge in [-0.15, -0.1) is 0 Å². The molecule has 6 nitrogen and oxygen atoms in total. The highest BCUT2D eigenvalue weighted by Crippen LogP contribution is 2.37. The minimum absolute atomic E-state index is 0.000763. The summed E-state index contributed by atoms with van der Waals surface area (Å²) in [6.07, 6.45) is 3.30. The first-order valence-corrected chi connectivity index (χ1v) is 11.7. The molecule has 0 bridgehead atoms. The molecule has 0 amide bonds. The Labute approximate surface area is 195 Å². The normalized spacial score (nSPS) is 18.6. The number of likely N-dealkylation sites (N-methyl/N-ethyl adjacent to an activating group) is 1. The van der Waals surface area contributed by atoms with Crippen LogP contribution in [0.15, 0.2) is 35.3 Å². The van der Waals surface area contributed by atoms with E-state index in [0.29, 0.717) is 13.2 Å². The van der Waals surface area contributed by atoms with Gasteiger partial charge in [0.05, 0.1) is 24.0 Å². The first-order valence-electron chi connectivity index (χ1n) is 11.7. The number of carboxylic acids is 1. The fourth-order valence-electron chi connectivity index (χ4n) is 4.50. The standard InChI is InChI=1S/C27H36N2O4/c1-8-13-33-22-12-10-11-18(24(22)17(3)9-2)25-20-14-21(30)19(26(31)32)15-29(20)23(16-28(25)7)27(4,5)6/h10-12,14-15,23H,8-9,13,16H2,1-7H3,(H,31,32)/b24-17+,25-18-.